The van der Waals surface area contributed by atoms with Crippen LogP contribution >= 0.6 is 23.2 Å². The van der Waals surface area contributed by atoms with Crippen molar-refractivity contribution in [2.24, 2.45) is 0 Å². The number of hydrogen-bond acceptors (Lipinski definition) is 3. The van der Waals surface area contributed by atoms with Gasteiger partial charge in [-0.05, 0) is 36.2 Å². The number of benzene rings is 2. The van der Waals surface area contributed by atoms with Gasteiger partial charge >= 0.3 is 0 Å². The molecular weight excluding hydrogens is 327 g/mol. The van der Waals surface area contributed by atoms with Gasteiger partial charge in [0.15, 0.2) is 0 Å². The molecule has 0 atom stereocenters. The molecule has 22 heavy (non-hydrogen) atoms. The summed E-state index contributed by atoms with van der Waals surface area (Å²) in [7, 11) is 0. The van der Waals surface area contributed by atoms with Crippen molar-refractivity contribution in [1.82, 2.24) is 0 Å². The third-order valence-corrected chi connectivity index (χ3v) is 3.78. The van der Waals surface area contributed by atoms with Gasteiger partial charge in [-0.1, -0.05) is 29.3 Å². The number of hydrogen-bond donors (Lipinski definition) is 1. The third kappa shape index (κ3) is 3.96. The molecule has 5 nitrogen and oxygen atoms in total. The number of non-ortho nitro benzene ring substituents is 1. The number of nitrogens with zero attached hydrogens (tertiary/aromatic N) is 1. The van der Waals surface area contributed by atoms with E-state index in [-0.39, 0.29) is 18.0 Å². The van der Waals surface area contributed by atoms with E-state index in [0.717, 1.165) is 5.56 Å². The zero-order chi connectivity index (χ0) is 16.3. The number of carbonyl (C=O) groups is 1. The van der Waals surface area contributed by atoms with E-state index >= 15 is 0 Å². The summed E-state index contributed by atoms with van der Waals surface area (Å²) in [6, 6.07) is 9.25. The molecule has 0 saturated heterocycles. The molecule has 2 aromatic carbocycles. The van der Waals surface area contributed by atoms with E-state index in [1.54, 1.807) is 25.1 Å². The van der Waals surface area contributed by atoms with Crippen LogP contribution in [0.5, 0.6) is 0 Å². The standard InChI is InChI=1S/C15H12Cl2N2O3/c1-9-6-11(19(21)22)3-5-14(9)18-15(20)8-10-2-4-12(16)13(17)7-10/h2-7H,8H2,1H3,(H,18,20). The Hall–Kier alpha value is -2.11. The Balaban J connectivity index is 2.08. The maximum atomic E-state index is 12.0. The van der Waals surface area contributed by atoms with Crippen molar-refractivity contribution in [2.75, 3.05) is 5.32 Å². The number of rotatable bonds is 4. The molecule has 0 unspecified atom stereocenters. The molecule has 0 radical (unpaired) electrons. The van der Waals surface area contributed by atoms with Crippen LogP contribution in [0.1, 0.15) is 11.1 Å². The lowest BCUT2D eigenvalue weighted by molar-refractivity contribution is -0.384. The number of halogens is 2. The quantitative estimate of drug-likeness (QED) is 0.663. The van der Waals surface area contributed by atoms with Crippen LogP contribution in [0.4, 0.5) is 11.4 Å². The Kier molecular flexibility index (Phi) is 5.00. The van der Waals surface area contributed by atoms with Crippen molar-refractivity contribution in [3.05, 3.63) is 67.7 Å². The van der Waals surface area contributed by atoms with Gasteiger partial charge in [0.05, 0.1) is 21.4 Å². The summed E-state index contributed by atoms with van der Waals surface area (Å²) in [5, 5.41) is 14.2. The molecule has 0 fully saturated rings. The Morgan fingerprint density at radius 3 is 2.50 bits per heavy atom. The molecule has 0 bridgehead atoms. The van der Waals surface area contributed by atoms with Crippen LogP contribution in [0, 0.1) is 17.0 Å². The van der Waals surface area contributed by atoms with Crippen LogP contribution in [0.25, 0.3) is 0 Å². The summed E-state index contributed by atoms with van der Waals surface area (Å²) in [5.41, 5.74) is 1.87. The minimum Gasteiger partial charge on any atom is -0.326 e. The summed E-state index contributed by atoms with van der Waals surface area (Å²) in [6.07, 6.45) is 0.132. The number of anilines is 1. The second-order valence-electron chi connectivity index (χ2n) is 4.73. The molecule has 7 heteroatoms. The maximum absolute atomic E-state index is 12.0. The van der Waals surface area contributed by atoms with Crippen LogP contribution in [0.2, 0.25) is 10.0 Å². The van der Waals surface area contributed by atoms with E-state index in [9.17, 15) is 14.9 Å². The van der Waals surface area contributed by atoms with Crippen LogP contribution in [0.3, 0.4) is 0 Å². The smallest absolute Gasteiger partial charge is 0.269 e. The normalized spacial score (nSPS) is 10.3. The SMILES string of the molecule is Cc1cc([N+](=O)[O-])ccc1NC(=O)Cc1ccc(Cl)c(Cl)c1. The Bertz CT molecular complexity index is 748. The number of amides is 1. The molecule has 0 saturated carbocycles. The van der Waals surface area contributed by atoms with E-state index in [2.05, 4.69) is 5.32 Å². The van der Waals surface area contributed by atoms with Gasteiger partial charge in [-0.15, -0.1) is 0 Å². The minimum absolute atomic E-state index is 0.0139. The predicted octanol–water partition coefficient (Wildman–Crippen LogP) is 4.39. The Labute approximate surface area is 137 Å². The first-order valence-corrected chi connectivity index (χ1v) is 7.11. The largest absolute Gasteiger partial charge is 0.326 e. The number of nitro benzene ring substituents is 1. The molecule has 0 aliphatic heterocycles. The zero-order valence-corrected chi connectivity index (χ0v) is 13.1. The molecule has 0 aliphatic rings. The topological polar surface area (TPSA) is 72.2 Å². The molecular formula is C15H12Cl2N2O3. The number of aryl methyl sites for hydroxylation is 1. The summed E-state index contributed by atoms with van der Waals surface area (Å²) in [6.45, 7) is 1.70. The third-order valence-electron chi connectivity index (χ3n) is 3.04. The average Bonchev–Trinajstić information content (AvgIpc) is 2.45. The maximum Gasteiger partial charge on any atom is 0.269 e. The fourth-order valence-corrected chi connectivity index (χ4v) is 2.25. The van der Waals surface area contributed by atoms with E-state index in [1.165, 1.54) is 18.2 Å². The van der Waals surface area contributed by atoms with Gasteiger partial charge in [0.1, 0.15) is 0 Å². The highest BCUT2D eigenvalue weighted by atomic mass is 35.5. The van der Waals surface area contributed by atoms with Gasteiger partial charge in [-0.25, -0.2) is 0 Å². The minimum atomic E-state index is -0.478. The Morgan fingerprint density at radius 2 is 1.91 bits per heavy atom. The first kappa shape index (κ1) is 16.3. The molecule has 1 N–H and O–H groups in total. The van der Waals surface area contributed by atoms with Gasteiger partial charge in [0.25, 0.3) is 5.69 Å². The molecule has 0 aromatic heterocycles. The number of nitrogens with one attached hydrogen (secondary N) is 1. The first-order chi connectivity index (χ1) is 10.4. The summed E-state index contributed by atoms with van der Waals surface area (Å²) in [4.78, 5) is 22.2. The lowest BCUT2D eigenvalue weighted by atomic mass is 10.1. The number of carbonyl (C=O) groups excluding carboxylic acids is 1. The van der Waals surface area contributed by atoms with E-state index in [0.29, 0.717) is 21.3 Å². The second-order valence-corrected chi connectivity index (χ2v) is 5.54. The predicted molar refractivity (Wildman–Crippen MR) is 86.6 cm³/mol. The van der Waals surface area contributed by atoms with Crippen molar-refractivity contribution in [3.8, 4) is 0 Å². The van der Waals surface area contributed by atoms with Crippen LogP contribution in [0.15, 0.2) is 36.4 Å². The summed E-state index contributed by atoms with van der Waals surface area (Å²) >= 11 is 11.7. The van der Waals surface area contributed by atoms with Crippen LogP contribution < -0.4 is 5.32 Å². The lowest BCUT2D eigenvalue weighted by Crippen LogP contribution is -2.15. The van der Waals surface area contributed by atoms with Crippen molar-refractivity contribution >= 4 is 40.5 Å². The average molecular weight is 339 g/mol. The van der Waals surface area contributed by atoms with Gasteiger partial charge < -0.3 is 5.32 Å². The zero-order valence-electron chi connectivity index (χ0n) is 11.6. The van der Waals surface area contributed by atoms with Crippen molar-refractivity contribution in [2.45, 2.75) is 13.3 Å². The highest BCUT2D eigenvalue weighted by molar-refractivity contribution is 6.42. The Morgan fingerprint density at radius 1 is 1.18 bits per heavy atom. The van der Waals surface area contributed by atoms with E-state index in [1.807, 2.05) is 0 Å². The summed E-state index contributed by atoms with van der Waals surface area (Å²) < 4.78 is 0. The van der Waals surface area contributed by atoms with Gasteiger partial charge in [0, 0.05) is 17.8 Å². The second kappa shape index (κ2) is 6.77. The lowest BCUT2D eigenvalue weighted by Gasteiger charge is -2.08. The fraction of sp³-hybridized carbons (Fsp3) is 0.133. The van der Waals surface area contributed by atoms with Crippen molar-refractivity contribution < 1.29 is 9.72 Å². The molecule has 0 aliphatic carbocycles. The number of nitro groups is 1. The summed E-state index contributed by atoms with van der Waals surface area (Å²) in [5.74, 6) is -0.240. The van der Waals surface area contributed by atoms with Gasteiger partial charge in [-0.3, -0.25) is 14.9 Å². The highest BCUT2D eigenvalue weighted by Crippen LogP contribution is 2.24. The van der Waals surface area contributed by atoms with Gasteiger partial charge in [0.2, 0.25) is 5.91 Å². The molecule has 1 amide bonds. The van der Waals surface area contributed by atoms with E-state index in [4.69, 9.17) is 23.2 Å². The van der Waals surface area contributed by atoms with Gasteiger partial charge in [-0.2, -0.15) is 0 Å². The van der Waals surface area contributed by atoms with Crippen LogP contribution in [-0.2, 0) is 11.2 Å². The fourth-order valence-electron chi connectivity index (χ4n) is 1.93. The molecule has 114 valence electrons. The monoisotopic (exact) mass is 338 g/mol. The first-order valence-electron chi connectivity index (χ1n) is 6.35. The molecule has 0 heterocycles. The van der Waals surface area contributed by atoms with Crippen molar-refractivity contribution in [3.63, 3.8) is 0 Å². The van der Waals surface area contributed by atoms with E-state index < -0.39 is 4.92 Å². The molecule has 0 spiro atoms. The molecule has 2 rings (SSSR count). The molecule has 2 aromatic rings. The van der Waals surface area contributed by atoms with Crippen molar-refractivity contribution in [1.29, 1.82) is 0 Å². The highest BCUT2D eigenvalue weighted by Gasteiger charge is 2.11. The van der Waals surface area contributed by atoms with Crippen LogP contribution in [-0.4, -0.2) is 10.8 Å².